The van der Waals surface area contributed by atoms with Crippen LogP contribution in [-0.2, 0) is 14.3 Å². The molecular weight excluding hydrogens is 743 g/mol. The first kappa shape index (κ1) is 58.3. The van der Waals surface area contributed by atoms with E-state index >= 15 is 0 Å². The largest absolute Gasteiger partial charge is 0.466 e. The summed E-state index contributed by atoms with van der Waals surface area (Å²) in [6.07, 6.45) is 58.7. The molecule has 0 saturated heterocycles. The molecule has 6 nitrogen and oxygen atoms in total. The van der Waals surface area contributed by atoms with E-state index in [-0.39, 0.29) is 18.5 Å². The van der Waals surface area contributed by atoms with Gasteiger partial charge in [0.15, 0.2) is 0 Å². The zero-order chi connectivity index (χ0) is 43.7. The predicted molar refractivity (Wildman–Crippen MR) is 260 cm³/mol. The van der Waals surface area contributed by atoms with Crippen molar-refractivity contribution in [3.63, 3.8) is 0 Å². The fraction of sp³-hybridized carbons (Fsp3) is 0.889. The molecule has 0 aromatic carbocycles. The second-order valence-electron chi connectivity index (χ2n) is 18.2. The van der Waals surface area contributed by atoms with Gasteiger partial charge in [0.1, 0.15) is 0 Å². The topological polar surface area (TPSA) is 95.9 Å². The van der Waals surface area contributed by atoms with Crippen LogP contribution in [0.5, 0.6) is 0 Å². The number of carbonyl (C=O) groups excluding carboxylic acids is 2. The Morgan fingerprint density at radius 1 is 0.450 bits per heavy atom. The number of hydrogen-bond acceptors (Lipinski definition) is 5. The minimum Gasteiger partial charge on any atom is -0.466 e. The molecule has 354 valence electrons. The number of ether oxygens (including phenoxy) is 1. The van der Waals surface area contributed by atoms with Crippen molar-refractivity contribution >= 4 is 11.9 Å². The summed E-state index contributed by atoms with van der Waals surface area (Å²) in [7, 11) is 0. The molecule has 0 aromatic heterocycles. The molecule has 2 unspecified atom stereocenters. The molecule has 3 N–H and O–H groups in total. The maximum Gasteiger partial charge on any atom is 0.305 e. The Balaban J connectivity index is 3.45. The number of aliphatic hydroxyl groups excluding tert-OH is 2. The zero-order valence-electron chi connectivity index (χ0n) is 40.2. The summed E-state index contributed by atoms with van der Waals surface area (Å²) in [5.74, 6) is -0.0640. The first-order chi connectivity index (χ1) is 29.5. The quantitative estimate of drug-likeness (QED) is 0.0322. The molecular formula is C54H103NO5. The second kappa shape index (κ2) is 50.0. The van der Waals surface area contributed by atoms with E-state index in [4.69, 9.17) is 4.74 Å². The van der Waals surface area contributed by atoms with Gasteiger partial charge < -0.3 is 20.3 Å². The lowest BCUT2D eigenvalue weighted by Crippen LogP contribution is -2.45. The van der Waals surface area contributed by atoms with Gasteiger partial charge in [-0.3, -0.25) is 9.59 Å². The van der Waals surface area contributed by atoms with Crippen molar-refractivity contribution in [2.75, 3.05) is 13.2 Å². The lowest BCUT2D eigenvalue weighted by Gasteiger charge is -2.22. The molecule has 0 heterocycles. The standard InChI is InChI=1S/C54H103NO5/c1-3-5-7-9-11-13-15-16-17-21-24-28-32-36-40-44-48-54(59)60-49-45-41-37-33-29-25-22-19-18-20-23-27-31-35-39-43-47-53(58)55-51(50-56)52(57)46-42-38-34-30-26-14-12-10-8-6-4-2/h17-18,20-21,51-52,56-57H,3-16,19,22-50H2,1-2H3,(H,55,58)/b20-18-,21-17-. The van der Waals surface area contributed by atoms with Gasteiger partial charge in [-0.25, -0.2) is 0 Å². The first-order valence-electron chi connectivity index (χ1n) is 26.6. The van der Waals surface area contributed by atoms with Crippen LogP contribution in [-0.4, -0.2) is 47.4 Å². The van der Waals surface area contributed by atoms with Crippen molar-refractivity contribution in [3.05, 3.63) is 24.3 Å². The molecule has 0 aliphatic rings. The molecule has 0 fully saturated rings. The van der Waals surface area contributed by atoms with Gasteiger partial charge in [-0.1, -0.05) is 218 Å². The fourth-order valence-electron chi connectivity index (χ4n) is 8.10. The number of hydrogen-bond donors (Lipinski definition) is 3. The van der Waals surface area contributed by atoms with E-state index in [0.29, 0.717) is 25.9 Å². The molecule has 0 saturated carbocycles. The molecule has 60 heavy (non-hydrogen) atoms. The van der Waals surface area contributed by atoms with Crippen molar-refractivity contribution in [2.24, 2.45) is 0 Å². The average Bonchev–Trinajstić information content (AvgIpc) is 3.25. The van der Waals surface area contributed by atoms with E-state index in [1.165, 1.54) is 186 Å². The summed E-state index contributed by atoms with van der Waals surface area (Å²) >= 11 is 0. The fourth-order valence-corrected chi connectivity index (χ4v) is 8.10. The van der Waals surface area contributed by atoms with Crippen LogP contribution < -0.4 is 5.32 Å². The second-order valence-corrected chi connectivity index (χ2v) is 18.2. The lowest BCUT2D eigenvalue weighted by molar-refractivity contribution is -0.143. The molecule has 1 amide bonds. The molecule has 2 atom stereocenters. The van der Waals surface area contributed by atoms with Crippen LogP contribution in [0, 0.1) is 0 Å². The number of aliphatic hydroxyl groups is 2. The third-order valence-electron chi connectivity index (χ3n) is 12.2. The minimum absolute atomic E-state index is 0.0105. The molecule has 0 spiro atoms. The summed E-state index contributed by atoms with van der Waals surface area (Å²) in [4.78, 5) is 24.4. The first-order valence-corrected chi connectivity index (χ1v) is 26.6. The van der Waals surface area contributed by atoms with Crippen LogP contribution in [0.3, 0.4) is 0 Å². The van der Waals surface area contributed by atoms with Gasteiger partial charge in [0.2, 0.25) is 5.91 Å². The highest BCUT2D eigenvalue weighted by Gasteiger charge is 2.20. The van der Waals surface area contributed by atoms with E-state index in [9.17, 15) is 19.8 Å². The smallest absolute Gasteiger partial charge is 0.305 e. The van der Waals surface area contributed by atoms with Crippen LogP contribution in [0.2, 0.25) is 0 Å². The Morgan fingerprint density at radius 2 is 0.783 bits per heavy atom. The van der Waals surface area contributed by atoms with Crippen molar-refractivity contribution in [3.8, 4) is 0 Å². The summed E-state index contributed by atoms with van der Waals surface area (Å²) in [5.41, 5.74) is 0. The predicted octanol–water partition coefficient (Wildman–Crippen LogP) is 15.9. The van der Waals surface area contributed by atoms with Gasteiger partial charge in [-0.2, -0.15) is 0 Å². The maximum atomic E-state index is 12.4. The maximum absolute atomic E-state index is 12.4. The highest BCUT2D eigenvalue weighted by atomic mass is 16.5. The molecule has 0 bridgehead atoms. The van der Waals surface area contributed by atoms with Gasteiger partial charge >= 0.3 is 5.97 Å². The van der Waals surface area contributed by atoms with E-state index < -0.39 is 12.1 Å². The van der Waals surface area contributed by atoms with Crippen LogP contribution >= 0.6 is 0 Å². The number of carbonyl (C=O) groups is 2. The van der Waals surface area contributed by atoms with Crippen LogP contribution in [0.4, 0.5) is 0 Å². The highest BCUT2D eigenvalue weighted by molar-refractivity contribution is 5.76. The monoisotopic (exact) mass is 846 g/mol. The number of unbranched alkanes of at least 4 members (excludes halogenated alkanes) is 34. The highest BCUT2D eigenvalue weighted by Crippen LogP contribution is 2.16. The van der Waals surface area contributed by atoms with Gasteiger partial charge in [-0.05, 0) is 77.0 Å². The third-order valence-corrected chi connectivity index (χ3v) is 12.2. The van der Waals surface area contributed by atoms with Gasteiger partial charge in [0.05, 0.1) is 25.4 Å². The Kier molecular flexibility index (Phi) is 48.6. The van der Waals surface area contributed by atoms with E-state index in [2.05, 4.69) is 43.5 Å². The van der Waals surface area contributed by atoms with Crippen molar-refractivity contribution in [2.45, 2.75) is 296 Å². The van der Waals surface area contributed by atoms with Crippen molar-refractivity contribution in [1.29, 1.82) is 0 Å². The molecule has 0 radical (unpaired) electrons. The van der Waals surface area contributed by atoms with Crippen molar-refractivity contribution < 1.29 is 24.5 Å². The number of nitrogens with one attached hydrogen (secondary N) is 1. The van der Waals surface area contributed by atoms with Crippen molar-refractivity contribution in [1.82, 2.24) is 5.32 Å². The van der Waals surface area contributed by atoms with E-state index in [1.807, 2.05) is 0 Å². The molecule has 6 heteroatoms. The van der Waals surface area contributed by atoms with Crippen LogP contribution in [0.25, 0.3) is 0 Å². The van der Waals surface area contributed by atoms with E-state index in [0.717, 1.165) is 64.2 Å². The van der Waals surface area contributed by atoms with Gasteiger partial charge in [0.25, 0.3) is 0 Å². The lowest BCUT2D eigenvalue weighted by atomic mass is 10.0. The number of esters is 1. The van der Waals surface area contributed by atoms with Crippen LogP contribution in [0.15, 0.2) is 24.3 Å². The van der Waals surface area contributed by atoms with Crippen LogP contribution in [0.1, 0.15) is 284 Å². The Morgan fingerprint density at radius 3 is 1.18 bits per heavy atom. The summed E-state index contributed by atoms with van der Waals surface area (Å²) < 4.78 is 5.46. The molecule has 0 aromatic rings. The zero-order valence-corrected chi connectivity index (χ0v) is 40.2. The Hall–Kier alpha value is -1.66. The summed E-state index contributed by atoms with van der Waals surface area (Å²) in [6.45, 7) is 4.91. The Labute approximate surface area is 373 Å². The summed E-state index contributed by atoms with van der Waals surface area (Å²) in [6, 6.07) is -0.552. The van der Waals surface area contributed by atoms with E-state index in [1.54, 1.807) is 0 Å². The Bertz CT molecular complexity index is 935. The van der Waals surface area contributed by atoms with Gasteiger partial charge in [-0.15, -0.1) is 0 Å². The number of rotatable bonds is 49. The number of allylic oxidation sites excluding steroid dienone is 4. The normalized spacial score (nSPS) is 12.8. The minimum atomic E-state index is -0.673. The SMILES string of the molecule is CCCCCCCCC/C=C\CCCCCCCC(=O)OCCCCCCCCC/C=C\CCCCCCCC(=O)NC(CO)C(O)CCCCCCCCCCCCC. The molecule has 0 aliphatic carbocycles. The number of amides is 1. The van der Waals surface area contributed by atoms with Gasteiger partial charge in [0, 0.05) is 12.8 Å². The summed E-state index contributed by atoms with van der Waals surface area (Å²) in [5, 5.41) is 23.1. The average molecular weight is 846 g/mol. The third kappa shape index (κ3) is 45.9. The molecule has 0 aliphatic heterocycles. The molecule has 0 rings (SSSR count).